The van der Waals surface area contributed by atoms with E-state index in [1.165, 1.54) is 0 Å². The Morgan fingerprint density at radius 3 is 2.63 bits per heavy atom. The molecule has 0 spiro atoms. The van der Waals surface area contributed by atoms with Crippen molar-refractivity contribution >= 4 is 23.4 Å². The van der Waals surface area contributed by atoms with Crippen molar-refractivity contribution < 1.29 is 14.1 Å². The van der Waals surface area contributed by atoms with Crippen LogP contribution in [-0.2, 0) is 9.59 Å². The zero-order valence-corrected chi connectivity index (χ0v) is 22.6. The number of piperidine rings is 1. The van der Waals surface area contributed by atoms with Gasteiger partial charge in [0, 0.05) is 29.6 Å². The number of hydrogen-bond acceptors (Lipinski definition) is 5. The van der Waals surface area contributed by atoms with Crippen LogP contribution >= 0.6 is 11.6 Å². The molecule has 3 rings (SSSR count). The van der Waals surface area contributed by atoms with Gasteiger partial charge in [0.25, 0.3) is 0 Å². The summed E-state index contributed by atoms with van der Waals surface area (Å²) in [6.07, 6.45) is 4.04. The monoisotopic (exact) mass is 502 g/mol. The highest BCUT2D eigenvalue weighted by molar-refractivity contribution is 6.30. The van der Waals surface area contributed by atoms with Gasteiger partial charge in [-0.1, -0.05) is 56.6 Å². The molecule has 2 aromatic rings. The maximum absolute atomic E-state index is 13.5. The van der Waals surface area contributed by atoms with E-state index >= 15 is 0 Å². The highest BCUT2D eigenvalue weighted by Crippen LogP contribution is 2.32. The van der Waals surface area contributed by atoms with Crippen molar-refractivity contribution in [3.8, 4) is 11.4 Å². The number of halogens is 1. The first-order chi connectivity index (χ1) is 16.4. The molecule has 1 aliphatic heterocycles. The molecular formula is C27H39ClN4O3. The van der Waals surface area contributed by atoms with Crippen LogP contribution < -0.4 is 0 Å². The normalized spacial score (nSPS) is 17.5. The summed E-state index contributed by atoms with van der Waals surface area (Å²) in [5.74, 6) is 1.08. The third kappa shape index (κ3) is 7.53. The van der Waals surface area contributed by atoms with Crippen LogP contribution in [0, 0.1) is 11.3 Å². The molecule has 1 fully saturated rings. The van der Waals surface area contributed by atoms with Crippen LogP contribution in [0.25, 0.3) is 11.4 Å². The van der Waals surface area contributed by atoms with Crippen LogP contribution in [0.4, 0.5) is 0 Å². The molecule has 2 heterocycles. The van der Waals surface area contributed by atoms with Crippen molar-refractivity contribution in [2.45, 2.75) is 85.7 Å². The quantitative estimate of drug-likeness (QED) is 0.433. The number of aromatic nitrogens is 2. The van der Waals surface area contributed by atoms with Gasteiger partial charge in [0.05, 0.1) is 6.54 Å². The van der Waals surface area contributed by atoms with E-state index in [4.69, 9.17) is 16.1 Å². The fourth-order valence-electron chi connectivity index (χ4n) is 4.93. The van der Waals surface area contributed by atoms with E-state index in [2.05, 4.69) is 37.8 Å². The zero-order valence-electron chi connectivity index (χ0n) is 21.9. The molecule has 0 N–H and O–H groups in total. The lowest BCUT2D eigenvalue weighted by molar-refractivity contribution is -0.145. The number of nitrogens with zero attached hydrogens (tertiary/aromatic N) is 4. The van der Waals surface area contributed by atoms with Crippen molar-refractivity contribution in [3.63, 3.8) is 0 Å². The molecule has 1 aliphatic rings. The molecule has 1 aromatic carbocycles. The van der Waals surface area contributed by atoms with Crippen molar-refractivity contribution in [2.75, 3.05) is 13.1 Å². The minimum absolute atomic E-state index is 0.0275. The molecule has 35 heavy (non-hydrogen) atoms. The van der Waals surface area contributed by atoms with Gasteiger partial charge in [-0.2, -0.15) is 4.98 Å². The van der Waals surface area contributed by atoms with Crippen LogP contribution in [-0.4, -0.2) is 50.9 Å². The van der Waals surface area contributed by atoms with Gasteiger partial charge in [0.1, 0.15) is 6.04 Å². The average molecular weight is 503 g/mol. The number of hydrogen-bond donors (Lipinski definition) is 0. The molecule has 7 nitrogen and oxygen atoms in total. The Kier molecular flexibility index (Phi) is 8.97. The van der Waals surface area contributed by atoms with Gasteiger partial charge in [-0.15, -0.1) is 0 Å². The van der Waals surface area contributed by atoms with Gasteiger partial charge >= 0.3 is 0 Å². The second kappa shape index (κ2) is 11.5. The molecule has 0 saturated carbocycles. The minimum Gasteiger partial charge on any atom is -0.337 e. The number of carbonyl (C=O) groups excluding carboxylic acids is 2. The van der Waals surface area contributed by atoms with Crippen molar-refractivity contribution in [1.29, 1.82) is 0 Å². The number of carbonyl (C=O) groups is 2. The molecule has 1 aromatic heterocycles. The smallest absolute Gasteiger partial charge is 0.249 e. The largest absolute Gasteiger partial charge is 0.337 e. The van der Waals surface area contributed by atoms with Crippen molar-refractivity contribution in [2.24, 2.45) is 11.3 Å². The lowest BCUT2D eigenvalue weighted by Gasteiger charge is -2.36. The fraction of sp³-hybridized carbons (Fsp3) is 0.630. The molecule has 0 aliphatic carbocycles. The maximum Gasteiger partial charge on any atom is 0.249 e. The van der Waals surface area contributed by atoms with E-state index in [0.717, 1.165) is 31.2 Å². The Labute approximate surface area is 214 Å². The van der Waals surface area contributed by atoms with Crippen LogP contribution in [0.5, 0.6) is 0 Å². The van der Waals surface area contributed by atoms with Gasteiger partial charge in [0.15, 0.2) is 0 Å². The molecular weight excluding hydrogens is 464 g/mol. The summed E-state index contributed by atoms with van der Waals surface area (Å²) in [5.41, 5.74) is 0.926. The van der Waals surface area contributed by atoms with E-state index in [9.17, 15) is 9.59 Å². The van der Waals surface area contributed by atoms with Crippen LogP contribution in [0.15, 0.2) is 28.8 Å². The van der Waals surface area contributed by atoms with Gasteiger partial charge in [0.2, 0.25) is 23.5 Å². The Morgan fingerprint density at radius 1 is 1.23 bits per heavy atom. The lowest BCUT2D eigenvalue weighted by Crippen LogP contribution is -2.48. The van der Waals surface area contributed by atoms with E-state index < -0.39 is 0 Å². The highest BCUT2D eigenvalue weighted by atomic mass is 35.5. The Hall–Kier alpha value is -2.41. The molecule has 1 saturated heterocycles. The Morgan fingerprint density at radius 2 is 1.97 bits per heavy atom. The van der Waals surface area contributed by atoms with E-state index in [-0.39, 0.29) is 41.8 Å². The molecule has 192 valence electrons. The maximum atomic E-state index is 13.5. The SMILES string of the molecule is CC(CC(=O)N(CC(=O)N1CCCCC1c1nc(-c2cccc(Cl)c2)no1)C(C)C)CC(C)(C)C. The standard InChI is InChI=1S/C27H39ClN4O3/c1-18(2)32(23(33)14-19(3)16-27(4,5)6)17-24(34)31-13-8-7-12-22(31)26-29-25(30-35-26)20-10-9-11-21(28)15-20/h9-11,15,18-19,22H,7-8,12-14,16-17H2,1-6H3. The zero-order chi connectivity index (χ0) is 25.8. The molecule has 0 bridgehead atoms. The van der Waals surface area contributed by atoms with Crippen LogP contribution in [0.2, 0.25) is 5.02 Å². The highest BCUT2D eigenvalue weighted by Gasteiger charge is 2.34. The fourth-order valence-corrected chi connectivity index (χ4v) is 5.12. The number of rotatable bonds is 8. The van der Waals surface area contributed by atoms with Gasteiger partial charge in [-0.05, 0) is 63.0 Å². The van der Waals surface area contributed by atoms with E-state index in [0.29, 0.717) is 29.7 Å². The topological polar surface area (TPSA) is 79.5 Å². The number of benzene rings is 1. The van der Waals surface area contributed by atoms with Crippen molar-refractivity contribution in [3.05, 3.63) is 35.2 Å². The molecule has 2 unspecified atom stereocenters. The average Bonchev–Trinajstić information content (AvgIpc) is 3.26. The Balaban J connectivity index is 1.72. The number of amides is 2. The molecule has 8 heteroatoms. The van der Waals surface area contributed by atoms with E-state index in [1.54, 1.807) is 21.9 Å². The van der Waals surface area contributed by atoms with Crippen molar-refractivity contribution in [1.82, 2.24) is 19.9 Å². The predicted molar refractivity (Wildman–Crippen MR) is 138 cm³/mol. The third-order valence-electron chi connectivity index (χ3n) is 6.37. The summed E-state index contributed by atoms with van der Waals surface area (Å²) in [6, 6.07) is 6.93. The van der Waals surface area contributed by atoms with E-state index in [1.807, 2.05) is 26.0 Å². The third-order valence-corrected chi connectivity index (χ3v) is 6.60. The molecule has 0 radical (unpaired) electrons. The first kappa shape index (κ1) is 27.2. The summed E-state index contributed by atoms with van der Waals surface area (Å²) in [4.78, 5) is 34.7. The molecule has 2 atom stereocenters. The Bertz CT molecular complexity index is 1010. The number of likely N-dealkylation sites (tertiary alicyclic amines) is 1. The summed E-state index contributed by atoms with van der Waals surface area (Å²) < 4.78 is 5.60. The van der Waals surface area contributed by atoms with Gasteiger partial charge in [-0.25, -0.2) is 0 Å². The summed E-state index contributed by atoms with van der Waals surface area (Å²) in [7, 11) is 0. The second-order valence-corrected chi connectivity index (χ2v) is 11.7. The predicted octanol–water partition coefficient (Wildman–Crippen LogP) is 6.14. The second-order valence-electron chi connectivity index (χ2n) is 11.3. The van der Waals surface area contributed by atoms with Gasteiger partial charge < -0.3 is 14.3 Å². The summed E-state index contributed by atoms with van der Waals surface area (Å²) in [5, 5.41) is 4.72. The first-order valence-electron chi connectivity index (χ1n) is 12.6. The summed E-state index contributed by atoms with van der Waals surface area (Å²) >= 11 is 6.11. The summed E-state index contributed by atoms with van der Waals surface area (Å²) in [6.45, 7) is 13.3. The van der Waals surface area contributed by atoms with Crippen LogP contribution in [0.1, 0.15) is 85.6 Å². The van der Waals surface area contributed by atoms with Gasteiger partial charge in [-0.3, -0.25) is 9.59 Å². The molecule has 2 amide bonds. The lowest BCUT2D eigenvalue weighted by atomic mass is 9.84. The first-order valence-corrected chi connectivity index (χ1v) is 13.0. The van der Waals surface area contributed by atoms with Crippen LogP contribution in [0.3, 0.4) is 0 Å². The minimum atomic E-state index is -0.291.